The van der Waals surface area contributed by atoms with Crippen LogP contribution in [0, 0.1) is 0 Å². The molecule has 0 aromatic rings. The van der Waals surface area contributed by atoms with Crippen molar-refractivity contribution >= 4 is 5.96 Å². The summed E-state index contributed by atoms with van der Waals surface area (Å²) in [4.78, 5) is 6.10. The van der Waals surface area contributed by atoms with E-state index in [0.29, 0.717) is 12.6 Å². The van der Waals surface area contributed by atoms with Crippen molar-refractivity contribution in [2.75, 3.05) is 33.4 Å². The lowest BCUT2D eigenvalue weighted by Gasteiger charge is -2.19. The first-order valence-corrected chi connectivity index (χ1v) is 4.56. The Morgan fingerprint density at radius 2 is 2.23 bits per heavy atom. The van der Waals surface area contributed by atoms with Gasteiger partial charge >= 0.3 is 0 Å². The topological polar surface area (TPSA) is 62.9 Å². The predicted molar refractivity (Wildman–Crippen MR) is 54.4 cm³/mol. The maximum Gasteiger partial charge on any atom is 0.208 e. The molecular formula is C8H20N4O. The van der Waals surface area contributed by atoms with Crippen molar-refractivity contribution in [3.05, 3.63) is 0 Å². The number of likely N-dealkylation sites (N-methyl/N-ethyl adjacent to an activating group) is 1. The molecule has 0 radical (unpaired) electrons. The minimum Gasteiger partial charge on any atom is -0.380 e. The maximum absolute atomic E-state index is 5.30. The third-order valence-electron chi connectivity index (χ3n) is 1.57. The number of rotatable bonds is 5. The van der Waals surface area contributed by atoms with E-state index >= 15 is 0 Å². The van der Waals surface area contributed by atoms with E-state index in [0.717, 1.165) is 19.7 Å². The van der Waals surface area contributed by atoms with Gasteiger partial charge in [0, 0.05) is 26.7 Å². The number of aliphatic imine (C=N–C) groups is 1. The summed E-state index contributed by atoms with van der Waals surface area (Å²) < 4.78 is 5.21. The SMILES string of the molecule is CCN=C(NN)N(C)CCOCC. The van der Waals surface area contributed by atoms with Gasteiger partial charge in [0.25, 0.3) is 0 Å². The Kier molecular flexibility index (Phi) is 7.33. The Morgan fingerprint density at radius 1 is 1.54 bits per heavy atom. The van der Waals surface area contributed by atoms with Crippen LogP contribution in [0.2, 0.25) is 0 Å². The molecule has 0 aromatic heterocycles. The first-order valence-electron chi connectivity index (χ1n) is 4.56. The van der Waals surface area contributed by atoms with E-state index in [9.17, 15) is 0 Å². The summed E-state index contributed by atoms with van der Waals surface area (Å²) in [7, 11) is 1.92. The lowest BCUT2D eigenvalue weighted by atomic mass is 10.6. The fourth-order valence-corrected chi connectivity index (χ4v) is 0.878. The molecule has 0 saturated heterocycles. The minimum atomic E-state index is 0.692. The smallest absolute Gasteiger partial charge is 0.208 e. The van der Waals surface area contributed by atoms with Crippen LogP contribution < -0.4 is 11.3 Å². The summed E-state index contributed by atoms with van der Waals surface area (Å²) in [6.45, 7) is 6.88. The number of hydrogen-bond acceptors (Lipinski definition) is 3. The summed E-state index contributed by atoms with van der Waals surface area (Å²) in [5.41, 5.74) is 2.55. The van der Waals surface area contributed by atoms with E-state index in [1.165, 1.54) is 0 Å². The highest BCUT2D eigenvalue weighted by molar-refractivity contribution is 5.79. The van der Waals surface area contributed by atoms with Crippen molar-refractivity contribution in [2.24, 2.45) is 10.8 Å². The molecule has 0 aromatic carbocycles. The van der Waals surface area contributed by atoms with E-state index < -0.39 is 0 Å². The molecule has 13 heavy (non-hydrogen) atoms. The predicted octanol–water partition coefficient (Wildman–Crippen LogP) is -0.206. The van der Waals surface area contributed by atoms with Crippen LogP contribution in [0.15, 0.2) is 4.99 Å². The standard InChI is InChI=1S/C8H20N4O/c1-4-10-8(11-9)12(3)6-7-13-5-2/h4-7,9H2,1-3H3,(H,10,11). The fourth-order valence-electron chi connectivity index (χ4n) is 0.878. The van der Waals surface area contributed by atoms with Gasteiger partial charge in [-0.15, -0.1) is 0 Å². The van der Waals surface area contributed by atoms with E-state index in [4.69, 9.17) is 10.6 Å². The van der Waals surface area contributed by atoms with E-state index in [1.807, 2.05) is 25.8 Å². The first-order chi connectivity index (χ1) is 6.26. The molecule has 5 heteroatoms. The molecular weight excluding hydrogens is 168 g/mol. The molecule has 0 amide bonds. The van der Waals surface area contributed by atoms with Gasteiger partial charge in [0.05, 0.1) is 6.61 Å². The second kappa shape index (κ2) is 7.82. The van der Waals surface area contributed by atoms with Gasteiger partial charge in [0.1, 0.15) is 0 Å². The maximum atomic E-state index is 5.30. The number of guanidine groups is 1. The molecule has 5 nitrogen and oxygen atoms in total. The highest BCUT2D eigenvalue weighted by atomic mass is 16.5. The third-order valence-corrected chi connectivity index (χ3v) is 1.57. The largest absolute Gasteiger partial charge is 0.380 e. The van der Waals surface area contributed by atoms with Crippen LogP contribution in [-0.2, 0) is 4.74 Å². The van der Waals surface area contributed by atoms with Crippen molar-refractivity contribution in [3.63, 3.8) is 0 Å². The third kappa shape index (κ3) is 5.43. The average molecular weight is 188 g/mol. The highest BCUT2D eigenvalue weighted by Crippen LogP contribution is 1.85. The quantitative estimate of drug-likeness (QED) is 0.206. The van der Waals surface area contributed by atoms with Crippen molar-refractivity contribution in [1.29, 1.82) is 0 Å². The monoisotopic (exact) mass is 188 g/mol. The molecule has 0 aliphatic rings. The van der Waals surface area contributed by atoms with Crippen LogP contribution in [0.1, 0.15) is 13.8 Å². The van der Waals surface area contributed by atoms with Crippen molar-refractivity contribution < 1.29 is 4.74 Å². The number of hydrogen-bond donors (Lipinski definition) is 2. The van der Waals surface area contributed by atoms with Gasteiger partial charge < -0.3 is 9.64 Å². The Balaban J connectivity index is 3.77. The number of ether oxygens (including phenoxy) is 1. The summed E-state index contributed by atoms with van der Waals surface area (Å²) in [5, 5.41) is 0. The van der Waals surface area contributed by atoms with Crippen molar-refractivity contribution in [2.45, 2.75) is 13.8 Å². The Bertz CT molecular complexity index is 149. The lowest BCUT2D eigenvalue weighted by Crippen LogP contribution is -2.44. The summed E-state index contributed by atoms with van der Waals surface area (Å²) >= 11 is 0. The van der Waals surface area contributed by atoms with Crippen LogP contribution >= 0.6 is 0 Å². The molecule has 0 aliphatic carbocycles. The summed E-state index contributed by atoms with van der Waals surface area (Å²) in [6.07, 6.45) is 0. The molecule has 0 fully saturated rings. The summed E-state index contributed by atoms with van der Waals surface area (Å²) in [6, 6.07) is 0. The van der Waals surface area contributed by atoms with Crippen LogP contribution in [0.3, 0.4) is 0 Å². The van der Waals surface area contributed by atoms with Crippen molar-refractivity contribution in [1.82, 2.24) is 10.3 Å². The zero-order valence-electron chi connectivity index (χ0n) is 8.71. The molecule has 3 N–H and O–H groups in total. The van der Waals surface area contributed by atoms with Crippen LogP contribution in [0.4, 0.5) is 0 Å². The lowest BCUT2D eigenvalue weighted by molar-refractivity contribution is 0.136. The van der Waals surface area contributed by atoms with Gasteiger partial charge in [-0.3, -0.25) is 10.4 Å². The van der Waals surface area contributed by atoms with Gasteiger partial charge in [-0.2, -0.15) is 0 Å². The number of nitrogens with one attached hydrogen (secondary N) is 1. The van der Waals surface area contributed by atoms with Gasteiger partial charge in [0.15, 0.2) is 0 Å². The molecule has 0 spiro atoms. The van der Waals surface area contributed by atoms with Crippen LogP contribution in [-0.4, -0.2) is 44.2 Å². The molecule has 0 aliphatic heterocycles. The second-order valence-corrected chi connectivity index (χ2v) is 2.56. The second-order valence-electron chi connectivity index (χ2n) is 2.56. The Hall–Kier alpha value is -0.810. The Labute approximate surface area is 79.9 Å². The summed E-state index contributed by atoms with van der Waals surface area (Å²) in [5.74, 6) is 6.00. The number of nitrogens with zero attached hydrogens (tertiary/aromatic N) is 2. The fraction of sp³-hybridized carbons (Fsp3) is 0.875. The highest BCUT2D eigenvalue weighted by Gasteiger charge is 2.02. The zero-order valence-corrected chi connectivity index (χ0v) is 8.71. The van der Waals surface area contributed by atoms with Gasteiger partial charge in [-0.1, -0.05) is 0 Å². The Morgan fingerprint density at radius 3 is 2.69 bits per heavy atom. The molecule has 0 rings (SSSR count). The van der Waals surface area contributed by atoms with Gasteiger partial charge in [-0.05, 0) is 13.8 Å². The van der Waals surface area contributed by atoms with E-state index in [2.05, 4.69) is 10.4 Å². The van der Waals surface area contributed by atoms with E-state index in [-0.39, 0.29) is 0 Å². The van der Waals surface area contributed by atoms with E-state index in [1.54, 1.807) is 0 Å². The van der Waals surface area contributed by atoms with Gasteiger partial charge in [-0.25, -0.2) is 5.84 Å². The normalized spacial score (nSPS) is 11.5. The molecule has 78 valence electrons. The molecule has 0 atom stereocenters. The first kappa shape index (κ1) is 12.2. The number of hydrazine groups is 1. The molecule has 0 heterocycles. The van der Waals surface area contributed by atoms with Crippen molar-refractivity contribution in [3.8, 4) is 0 Å². The van der Waals surface area contributed by atoms with Gasteiger partial charge in [0.2, 0.25) is 5.96 Å². The average Bonchev–Trinajstić information content (AvgIpc) is 2.14. The molecule has 0 unspecified atom stereocenters. The van der Waals surface area contributed by atoms with Crippen LogP contribution in [0.25, 0.3) is 0 Å². The molecule has 0 saturated carbocycles. The zero-order chi connectivity index (χ0) is 10.1. The van der Waals surface area contributed by atoms with Crippen LogP contribution in [0.5, 0.6) is 0 Å². The minimum absolute atomic E-state index is 0.692. The molecule has 0 bridgehead atoms. The number of nitrogens with two attached hydrogens (primary N) is 1.